The van der Waals surface area contributed by atoms with Crippen molar-refractivity contribution in [3.05, 3.63) is 91.0 Å². The van der Waals surface area contributed by atoms with Crippen molar-refractivity contribution in [2.45, 2.75) is 0 Å². The zero-order valence-corrected chi connectivity index (χ0v) is 20.2. The predicted octanol–water partition coefficient (Wildman–Crippen LogP) is 8.79. The van der Waals surface area contributed by atoms with Crippen molar-refractivity contribution in [3.63, 3.8) is 0 Å². The molecular formula is C18H15Cl3N3O3P3. The zero-order valence-electron chi connectivity index (χ0n) is 15.2. The molecule has 0 amide bonds. The van der Waals surface area contributed by atoms with E-state index in [1.807, 2.05) is 66.7 Å². The Balaban J connectivity index is 1.72. The first-order chi connectivity index (χ1) is 14.4. The van der Waals surface area contributed by atoms with Crippen molar-refractivity contribution >= 4 is 55.7 Å². The van der Waals surface area contributed by atoms with Gasteiger partial charge in [0.25, 0.3) is 0 Å². The van der Waals surface area contributed by atoms with Crippen molar-refractivity contribution in [2.24, 2.45) is 4.52 Å². The van der Waals surface area contributed by atoms with Gasteiger partial charge in [-0.3, -0.25) is 0 Å². The first-order valence-electron chi connectivity index (χ1n) is 8.60. The molecule has 6 nitrogen and oxygen atoms in total. The van der Waals surface area contributed by atoms with Crippen LogP contribution in [0.15, 0.2) is 95.5 Å². The first kappa shape index (κ1) is 22.0. The van der Waals surface area contributed by atoms with Crippen LogP contribution >= 0.6 is 55.7 Å². The molecule has 0 bridgehead atoms. The molecule has 0 N–H and O–H groups in total. The Bertz CT molecular complexity index is 1010. The van der Waals surface area contributed by atoms with Crippen LogP contribution in [0.25, 0.3) is 0 Å². The quantitative estimate of drug-likeness (QED) is 0.304. The second-order valence-corrected chi connectivity index (χ2v) is 18.3. The summed E-state index contributed by atoms with van der Waals surface area (Å²) < 4.78 is 13.2. The summed E-state index contributed by atoms with van der Waals surface area (Å²) in [5, 5.41) is 0. The molecule has 0 saturated heterocycles. The molecule has 1 atom stereocenters. The fourth-order valence-corrected chi connectivity index (χ4v) is 10.0. The molecule has 1 aliphatic heterocycles. The SMILES string of the molecule is ClP1(Cl)(Cl)N=PN(Oc2ccccc2)P(Oc2ccccc2)N1Oc1ccccc1. The Hall–Kier alpha value is -1.19. The Morgan fingerprint density at radius 2 is 1.17 bits per heavy atom. The van der Waals surface area contributed by atoms with Crippen molar-refractivity contribution in [1.29, 1.82) is 0 Å². The Morgan fingerprint density at radius 3 is 1.70 bits per heavy atom. The van der Waals surface area contributed by atoms with Crippen molar-refractivity contribution in [2.75, 3.05) is 0 Å². The summed E-state index contributed by atoms with van der Waals surface area (Å²) in [5.74, 6) is 1.64. The monoisotopic (exact) mass is 519 g/mol. The van der Waals surface area contributed by atoms with E-state index in [1.54, 1.807) is 24.3 Å². The van der Waals surface area contributed by atoms with Crippen LogP contribution in [0.5, 0.6) is 17.2 Å². The van der Waals surface area contributed by atoms with Gasteiger partial charge in [0.1, 0.15) is 0 Å². The molecule has 30 heavy (non-hydrogen) atoms. The fourth-order valence-electron chi connectivity index (χ4n) is 2.30. The van der Waals surface area contributed by atoms with Gasteiger partial charge in [0.15, 0.2) is 0 Å². The number of halogens is 3. The molecule has 0 spiro atoms. The Labute approximate surface area is 191 Å². The van der Waals surface area contributed by atoms with Crippen LogP contribution in [0.2, 0.25) is 0 Å². The van der Waals surface area contributed by atoms with E-state index in [2.05, 4.69) is 4.52 Å². The standard InChI is InChI=1S/C18H15Cl3N3O3P3/c19-30(20,21)22-28-23(25-16-10-4-1-5-11-16)29(27-18-14-8-3-9-15-18)24(30)26-17-12-6-2-7-13-17/h1-15H. The van der Waals surface area contributed by atoms with Gasteiger partial charge in [-0.15, -0.1) is 0 Å². The maximum absolute atomic E-state index is 6.62. The van der Waals surface area contributed by atoms with Crippen molar-refractivity contribution in [1.82, 2.24) is 9.21 Å². The number of rotatable bonds is 6. The third-order valence-electron chi connectivity index (χ3n) is 3.61. The first-order valence-corrected chi connectivity index (χ1v) is 15.4. The van der Waals surface area contributed by atoms with E-state index >= 15 is 0 Å². The van der Waals surface area contributed by atoms with Gasteiger partial charge in [-0.1, -0.05) is 0 Å². The summed E-state index contributed by atoms with van der Waals surface area (Å²) in [7, 11) is -1.59. The van der Waals surface area contributed by atoms with Gasteiger partial charge in [-0.25, -0.2) is 0 Å². The molecule has 1 unspecified atom stereocenters. The number of benzene rings is 3. The molecule has 0 aromatic heterocycles. The van der Waals surface area contributed by atoms with Gasteiger partial charge in [-0.05, 0) is 0 Å². The molecule has 3 aromatic rings. The van der Waals surface area contributed by atoms with E-state index in [0.717, 1.165) is 0 Å². The summed E-state index contributed by atoms with van der Waals surface area (Å²) in [6.45, 7) is 0. The van der Waals surface area contributed by atoms with E-state index in [1.165, 1.54) is 9.21 Å². The second kappa shape index (κ2) is 9.12. The molecule has 0 fully saturated rings. The third kappa shape index (κ3) is 5.34. The van der Waals surface area contributed by atoms with Gasteiger partial charge < -0.3 is 0 Å². The van der Waals surface area contributed by atoms with Gasteiger partial charge in [0.05, 0.1) is 0 Å². The third-order valence-corrected chi connectivity index (χ3v) is 13.3. The van der Waals surface area contributed by atoms with Crippen LogP contribution in [0, 0.1) is 0 Å². The molecule has 0 saturated carbocycles. The summed E-state index contributed by atoms with van der Waals surface area (Å²) in [5.41, 5.74) is 0. The van der Waals surface area contributed by atoms with Gasteiger partial charge in [-0.2, -0.15) is 0 Å². The molecule has 156 valence electrons. The van der Waals surface area contributed by atoms with E-state index in [-0.39, 0.29) is 0 Å². The number of hydrogen-bond donors (Lipinski definition) is 0. The van der Waals surface area contributed by atoms with E-state index in [9.17, 15) is 0 Å². The second-order valence-electron chi connectivity index (χ2n) is 5.88. The minimum absolute atomic E-state index is 0.293. The fraction of sp³-hybridized carbons (Fsp3) is 0. The Morgan fingerprint density at radius 1 is 0.700 bits per heavy atom. The summed E-state index contributed by atoms with van der Waals surface area (Å²) in [4.78, 5) is 7.66. The molecule has 4 rings (SSSR count). The summed E-state index contributed by atoms with van der Waals surface area (Å²) >= 11 is 19.8. The van der Waals surface area contributed by atoms with Crippen LogP contribution in [0.3, 0.4) is 0 Å². The van der Waals surface area contributed by atoms with Crippen LogP contribution in [-0.2, 0) is 0 Å². The van der Waals surface area contributed by atoms with Gasteiger partial charge in [0.2, 0.25) is 0 Å². The van der Waals surface area contributed by atoms with Crippen LogP contribution in [-0.4, -0.2) is 9.21 Å². The zero-order chi connectivity index (χ0) is 21.1. The Kier molecular flexibility index (Phi) is 6.70. The number of hydrogen-bond acceptors (Lipinski definition) is 6. The number of nitrogens with zero attached hydrogens (tertiary/aromatic N) is 3. The average Bonchev–Trinajstić information content (AvgIpc) is 2.75. The van der Waals surface area contributed by atoms with Gasteiger partial charge in [0, 0.05) is 0 Å². The molecule has 12 heteroatoms. The van der Waals surface area contributed by atoms with E-state index < -0.39 is 13.4 Å². The predicted molar refractivity (Wildman–Crippen MR) is 126 cm³/mol. The molecule has 1 heterocycles. The van der Waals surface area contributed by atoms with Crippen LogP contribution in [0.1, 0.15) is 0 Å². The topological polar surface area (TPSA) is 46.5 Å². The van der Waals surface area contributed by atoms with Crippen molar-refractivity contribution in [3.8, 4) is 17.2 Å². The van der Waals surface area contributed by atoms with Crippen LogP contribution in [0.4, 0.5) is 0 Å². The molecule has 1 aliphatic rings. The molecular weight excluding hydrogens is 505 g/mol. The molecule has 0 aliphatic carbocycles. The van der Waals surface area contributed by atoms with E-state index in [0.29, 0.717) is 25.8 Å². The minimum atomic E-state index is -4.34. The van der Waals surface area contributed by atoms with E-state index in [4.69, 9.17) is 47.9 Å². The molecule has 0 radical (unpaired) electrons. The molecule has 3 aromatic carbocycles. The van der Waals surface area contributed by atoms with Crippen LogP contribution < -0.4 is 14.2 Å². The summed E-state index contributed by atoms with van der Waals surface area (Å²) in [6, 6.07) is 27.4. The average molecular weight is 521 g/mol. The maximum atomic E-state index is 6.62. The summed E-state index contributed by atoms with van der Waals surface area (Å²) in [6.07, 6.45) is 0. The number of para-hydroxylation sites is 3. The van der Waals surface area contributed by atoms with Gasteiger partial charge >= 0.3 is 192 Å². The van der Waals surface area contributed by atoms with Crippen molar-refractivity contribution < 1.29 is 14.2 Å². The normalized spacial score (nSPS) is 22.4.